The number of nitrogens with one attached hydrogen (secondary N) is 1. The van der Waals surface area contributed by atoms with Gasteiger partial charge >= 0.3 is 0 Å². The lowest BCUT2D eigenvalue weighted by atomic mass is 10.1. The van der Waals surface area contributed by atoms with E-state index in [2.05, 4.69) is 24.1 Å². The first-order valence-electron chi connectivity index (χ1n) is 9.56. The van der Waals surface area contributed by atoms with Crippen LogP contribution in [0.3, 0.4) is 0 Å². The minimum atomic E-state index is 0.0662. The van der Waals surface area contributed by atoms with Gasteiger partial charge in [0.25, 0.3) is 5.91 Å². The van der Waals surface area contributed by atoms with E-state index in [9.17, 15) is 9.59 Å². The van der Waals surface area contributed by atoms with Crippen molar-refractivity contribution in [2.75, 3.05) is 7.11 Å². The number of pyridine rings is 1. The third-order valence-corrected chi connectivity index (χ3v) is 6.19. The van der Waals surface area contributed by atoms with Crippen molar-refractivity contribution in [2.24, 2.45) is 11.3 Å². The Hall–Kier alpha value is -2.11. The number of carbonyl (C=O) groups is 2. The topological polar surface area (TPSA) is 71.5 Å². The number of hydrogen-bond donors (Lipinski definition) is 1. The minimum absolute atomic E-state index is 0.0662. The molecule has 0 bridgehead atoms. The molecule has 26 heavy (non-hydrogen) atoms. The maximum absolute atomic E-state index is 12.8. The summed E-state index contributed by atoms with van der Waals surface area (Å²) in [5.41, 5.74) is 2.31. The lowest BCUT2D eigenvalue weighted by Gasteiger charge is -2.22. The highest BCUT2D eigenvalue weighted by Crippen LogP contribution is 2.51. The van der Waals surface area contributed by atoms with E-state index in [1.54, 1.807) is 7.11 Å². The van der Waals surface area contributed by atoms with Crippen molar-refractivity contribution in [1.82, 2.24) is 15.2 Å². The molecule has 0 radical (unpaired) electrons. The highest BCUT2D eigenvalue weighted by Gasteiger charge is 2.50. The van der Waals surface area contributed by atoms with Gasteiger partial charge in [-0.15, -0.1) is 0 Å². The highest BCUT2D eigenvalue weighted by atomic mass is 16.5. The molecule has 0 unspecified atom stereocenters. The van der Waals surface area contributed by atoms with Crippen LogP contribution in [0.25, 0.3) is 0 Å². The predicted octanol–water partition coefficient (Wildman–Crippen LogP) is 2.65. The first-order chi connectivity index (χ1) is 12.4. The molecule has 2 saturated carbocycles. The minimum Gasteiger partial charge on any atom is -0.481 e. The van der Waals surface area contributed by atoms with Gasteiger partial charge in [-0.05, 0) is 30.7 Å². The molecular formula is C20H27N3O3. The number of carbonyl (C=O) groups excluding carboxylic acids is 2. The summed E-state index contributed by atoms with van der Waals surface area (Å²) in [5, 5.41) is 2.98. The molecule has 4 rings (SSSR count). The second-order valence-electron chi connectivity index (χ2n) is 8.49. The van der Waals surface area contributed by atoms with Gasteiger partial charge in [-0.3, -0.25) is 9.59 Å². The van der Waals surface area contributed by atoms with Crippen molar-refractivity contribution in [3.05, 3.63) is 22.9 Å². The van der Waals surface area contributed by atoms with Crippen LogP contribution in [0.15, 0.2) is 6.07 Å². The normalized spacial score (nSPS) is 23.9. The molecule has 1 aromatic rings. The Labute approximate surface area is 154 Å². The third-order valence-electron chi connectivity index (χ3n) is 6.19. The van der Waals surface area contributed by atoms with Crippen LogP contribution in [0, 0.1) is 11.3 Å². The molecule has 6 nitrogen and oxygen atoms in total. The van der Waals surface area contributed by atoms with Gasteiger partial charge in [0.1, 0.15) is 0 Å². The van der Waals surface area contributed by atoms with Crippen LogP contribution < -0.4 is 10.1 Å². The van der Waals surface area contributed by atoms with Crippen molar-refractivity contribution in [2.45, 2.75) is 65.1 Å². The van der Waals surface area contributed by atoms with Crippen molar-refractivity contribution in [1.29, 1.82) is 0 Å². The fourth-order valence-electron chi connectivity index (χ4n) is 4.30. The number of hydrogen-bond acceptors (Lipinski definition) is 4. The summed E-state index contributed by atoms with van der Waals surface area (Å²) >= 11 is 0. The molecule has 1 aromatic heterocycles. The number of amides is 2. The van der Waals surface area contributed by atoms with Crippen molar-refractivity contribution < 1.29 is 14.3 Å². The zero-order valence-electron chi connectivity index (χ0n) is 15.8. The van der Waals surface area contributed by atoms with Crippen molar-refractivity contribution in [3.8, 4) is 5.88 Å². The second kappa shape index (κ2) is 6.25. The standard InChI is InChI=1S/C20H27N3O3/c1-20(2)9-15(20)17(24)21-10-12-8-14-16(22-18(12)26-3)11-23(19(14)25)13-6-4-5-7-13/h8,13,15H,4-7,9-11H2,1-3H3,(H,21,24)/t15-/m1/s1. The molecule has 0 spiro atoms. The van der Waals surface area contributed by atoms with Gasteiger partial charge in [0.2, 0.25) is 11.8 Å². The summed E-state index contributed by atoms with van der Waals surface area (Å²) in [6.45, 7) is 5.11. The number of aromatic nitrogens is 1. The fourth-order valence-corrected chi connectivity index (χ4v) is 4.30. The predicted molar refractivity (Wildman–Crippen MR) is 96.7 cm³/mol. The van der Waals surface area contributed by atoms with Gasteiger partial charge in [-0.1, -0.05) is 26.7 Å². The van der Waals surface area contributed by atoms with E-state index in [4.69, 9.17) is 4.74 Å². The van der Waals surface area contributed by atoms with Gasteiger partial charge in [0.15, 0.2) is 0 Å². The van der Waals surface area contributed by atoms with Gasteiger partial charge in [-0.25, -0.2) is 4.98 Å². The SMILES string of the molecule is COc1nc2c(cc1CNC(=O)[C@H]1CC1(C)C)C(=O)N(C1CCCC1)C2. The van der Waals surface area contributed by atoms with Crippen LogP contribution in [-0.2, 0) is 17.9 Å². The van der Waals surface area contributed by atoms with Crippen LogP contribution in [0.5, 0.6) is 5.88 Å². The second-order valence-corrected chi connectivity index (χ2v) is 8.49. The lowest BCUT2D eigenvalue weighted by molar-refractivity contribution is -0.123. The molecule has 2 fully saturated rings. The summed E-state index contributed by atoms with van der Waals surface area (Å²) in [7, 11) is 1.58. The molecule has 2 heterocycles. The summed E-state index contributed by atoms with van der Waals surface area (Å²) in [5.74, 6) is 0.713. The van der Waals surface area contributed by atoms with Crippen LogP contribution in [0.2, 0.25) is 0 Å². The lowest BCUT2D eigenvalue weighted by Crippen LogP contribution is -2.33. The van der Waals surface area contributed by atoms with Gasteiger partial charge in [0, 0.05) is 24.1 Å². The van der Waals surface area contributed by atoms with Gasteiger partial charge < -0.3 is 15.0 Å². The van der Waals surface area contributed by atoms with Crippen LogP contribution >= 0.6 is 0 Å². The number of nitrogens with zero attached hydrogens (tertiary/aromatic N) is 2. The number of methoxy groups -OCH3 is 1. The summed E-state index contributed by atoms with van der Waals surface area (Å²) in [6, 6.07) is 2.19. The summed E-state index contributed by atoms with van der Waals surface area (Å²) in [4.78, 5) is 31.6. The number of ether oxygens (including phenoxy) is 1. The molecule has 1 aliphatic heterocycles. The zero-order valence-corrected chi connectivity index (χ0v) is 15.8. The molecule has 6 heteroatoms. The highest BCUT2D eigenvalue weighted by molar-refractivity contribution is 5.98. The van der Waals surface area contributed by atoms with E-state index >= 15 is 0 Å². The van der Waals surface area contributed by atoms with E-state index in [0.717, 1.165) is 30.5 Å². The quantitative estimate of drug-likeness (QED) is 0.879. The van der Waals surface area contributed by atoms with E-state index in [1.165, 1.54) is 12.8 Å². The molecule has 1 atom stereocenters. The molecule has 1 N–H and O–H groups in total. The first-order valence-corrected chi connectivity index (χ1v) is 9.56. The smallest absolute Gasteiger partial charge is 0.256 e. The Bertz CT molecular complexity index is 753. The van der Waals surface area contributed by atoms with Crippen molar-refractivity contribution >= 4 is 11.8 Å². The van der Waals surface area contributed by atoms with E-state index in [1.807, 2.05) is 11.0 Å². The molecule has 2 amide bonds. The molecule has 2 aliphatic carbocycles. The molecule has 140 valence electrons. The molecular weight excluding hydrogens is 330 g/mol. The van der Waals surface area contributed by atoms with Gasteiger partial charge in [-0.2, -0.15) is 0 Å². The maximum Gasteiger partial charge on any atom is 0.256 e. The van der Waals surface area contributed by atoms with E-state index in [0.29, 0.717) is 30.6 Å². The Balaban J connectivity index is 1.50. The summed E-state index contributed by atoms with van der Waals surface area (Å²) < 4.78 is 5.42. The fraction of sp³-hybridized carbons (Fsp3) is 0.650. The Kier molecular flexibility index (Phi) is 4.16. The molecule has 3 aliphatic rings. The average Bonchev–Trinajstić information content (AvgIpc) is 2.97. The largest absolute Gasteiger partial charge is 0.481 e. The zero-order chi connectivity index (χ0) is 18.5. The first kappa shape index (κ1) is 17.3. The van der Waals surface area contributed by atoms with E-state index in [-0.39, 0.29) is 23.1 Å². The van der Waals surface area contributed by atoms with Gasteiger partial charge in [0.05, 0.1) is 24.9 Å². The van der Waals surface area contributed by atoms with Crippen LogP contribution in [0.4, 0.5) is 0 Å². The number of fused-ring (bicyclic) bond motifs is 1. The Morgan fingerprint density at radius 2 is 2.08 bits per heavy atom. The maximum atomic E-state index is 12.8. The third kappa shape index (κ3) is 2.95. The average molecular weight is 357 g/mol. The van der Waals surface area contributed by atoms with E-state index < -0.39 is 0 Å². The van der Waals surface area contributed by atoms with Crippen molar-refractivity contribution in [3.63, 3.8) is 0 Å². The van der Waals surface area contributed by atoms with Crippen LogP contribution in [-0.4, -0.2) is 34.8 Å². The molecule has 0 saturated heterocycles. The Morgan fingerprint density at radius 1 is 1.38 bits per heavy atom. The Morgan fingerprint density at radius 3 is 2.69 bits per heavy atom. The number of rotatable bonds is 5. The monoisotopic (exact) mass is 357 g/mol. The van der Waals surface area contributed by atoms with Crippen LogP contribution in [0.1, 0.15) is 67.6 Å². The summed E-state index contributed by atoms with van der Waals surface area (Å²) in [6.07, 6.45) is 5.47. The molecule has 0 aromatic carbocycles.